The predicted octanol–water partition coefficient (Wildman–Crippen LogP) is 10.5. The van der Waals surface area contributed by atoms with Gasteiger partial charge in [0.2, 0.25) is 0 Å². The minimum absolute atomic E-state index is 0.739. The molecule has 9 aromatic rings. The molecule has 1 aliphatic rings. The lowest BCUT2D eigenvalue weighted by molar-refractivity contribution is 1.18. The third-order valence-corrected chi connectivity index (χ3v) is 14.1. The van der Waals surface area contributed by atoms with Crippen molar-refractivity contribution in [2.24, 2.45) is 0 Å². The van der Waals surface area contributed by atoms with Crippen LogP contribution in [-0.4, -0.2) is 22.6 Å². The van der Waals surface area contributed by atoms with Crippen LogP contribution in [0.1, 0.15) is 0 Å². The van der Waals surface area contributed by atoms with Gasteiger partial charge in [-0.1, -0.05) is 134 Å². The monoisotopic (exact) mass is 655 g/mol. The molecule has 7 aromatic carbocycles. The Hall–Kier alpha value is -6.10. The van der Waals surface area contributed by atoms with Crippen molar-refractivity contribution in [2.45, 2.75) is 13.1 Å². The summed E-state index contributed by atoms with van der Waals surface area (Å²) in [5.41, 5.74) is 12.6. The van der Waals surface area contributed by atoms with E-state index in [0.29, 0.717) is 0 Å². The van der Waals surface area contributed by atoms with Gasteiger partial charge >= 0.3 is 0 Å². The average molecular weight is 656 g/mol. The third-order valence-electron chi connectivity index (χ3n) is 10.6. The fraction of sp³-hybridized carbons (Fsp3) is 0.0435. The Morgan fingerprint density at radius 3 is 2.02 bits per heavy atom. The van der Waals surface area contributed by atoms with Gasteiger partial charge in [-0.25, -0.2) is 9.97 Å². The van der Waals surface area contributed by atoms with Crippen molar-refractivity contribution < 1.29 is 0 Å². The molecule has 50 heavy (non-hydrogen) atoms. The average Bonchev–Trinajstić information content (AvgIpc) is 3.63. The predicted molar refractivity (Wildman–Crippen MR) is 212 cm³/mol. The second kappa shape index (κ2) is 11.0. The van der Waals surface area contributed by atoms with E-state index in [9.17, 15) is 0 Å². The van der Waals surface area contributed by atoms with Crippen molar-refractivity contribution in [3.63, 3.8) is 0 Å². The zero-order valence-electron chi connectivity index (χ0n) is 27.9. The molecule has 0 saturated heterocycles. The summed E-state index contributed by atoms with van der Waals surface area (Å²) in [7, 11) is -1.86. The maximum absolute atomic E-state index is 5.40. The molecule has 0 radical (unpaired) electrons. The van der Waals surface area contributed by atoms with E-state index in [-0.39, 0.29) is 0 Å². The molecular formula is C46H33N3Si. The highest BCUT2D eigenvalue weighted by atomic mass is 28.3. The Bertz CT molecular complexity index is 2780. The van der Waals surface area contributed by atoms with Crippen LogP contribution in [0.5, 0.6) is 0 Å². The molecule has 0 unspecified atom stereocenters. The molecule has 0 N–H and O–H groups in total. The summed E-state index contributed by atoms with van der Waals surface area (Å²) < 4.78 is 2.36. The van der Waals surface area contributed by atoms with Crippen LogP contribution in [0.4, 0.5) is 0 Å². The Labute approximate surface area is 292 Å². The van der Waals surface area contributed by atoms with Gasteiger partial charge in [-0.2, -0.15) is 0 Å². The third kappa shape index (κ3) is 4.28. The molecule has 0 aliphatic carbocycles. The van der Waals surface area contributed by atoms with Crippen molar-refractivity contribution in [3.8, 4) is 50.6 Å². The largest absolute Gasteiger partial charge is 0.309 e. The van der Waals surface area contributed by atoms with E-state index >= 15 is 0 Å². The van der Waals surface area contributed by atoms with Gasteiger partial charge in [0, 0.05) is 33.0 Å². The zero-order valence-corrected chi connectivity index (χ0v) is 28.9. The summed E-state index contributed by atoms with van der Waals surface area (Å²) in [5, 5.41) is 6.59. The van der Waals surface area contributed by atoms with Crippen molar-refractivity contribution in [2.75, 3.05) is 0 Å². The summed E-state index contributed by atoms with van der Waals surface area (Å²) in [4.78, 5) is 10.7. The number of para-hydroxylation sites is 2. The van der Waals surface area contributed by atoms with Crippen LogP contribution >= 0.6 is 0 Å². The Morgan fingerprint density at radius 2 is 1.16 bits per heavy atom. The first-order valence-electron chi connectivity index (χ1n) is 17.3. The van der Waals surface area contributed by atoms with Gasteiger partial charge in [-0.15, -0.1) is 0 Å². The SMILES string of the molecule is C[Si]1(C)c2ccccc2-c2c1ccc1nc(-c3cccc(-c4ccc5c(c4)c4ccccc4n5-c4ccccc4)c3)nc(-c3ccccc3)c21. The van der Waals surface area contributed by atoms with Gasteiger partial charge in [-0.05, 0) is 75.1 Å². The number of hydrogen-bond donors (Lipinski definition) is 0. The van der Waals surface area contributed by atoms with E-state index in [1.54, 1.807) is 0 Å². The summed E-state index contributed by atoms with van der Waals surface area (Å²) in [6.45, 7) is 4.92. The number of hydrogen-bond acceptors (Lipinski definition) is 2. The minimum Gasteiger partial charge on any atom is -0.309 e. The summed E-state index contributed by atoms with van der Waals surface area (Å²) >= 11 is 0. The Morgan fingerprint density at radius 1 is 0.480 bits per heavy atom. The van der Waals surface area contributed by atoms with Gasteiger partial charge in [0.05, 0.1) is 22.2 Å². The highest BCUT2D eigenvalue weighted by Gasteiger charge is 2.39. The Kier molecular flexibility index (Phi) is 6.33. The number of benzene rings is 7. The molecule has 2 aromatic heterocycles. The second-order valence-electron chi connectivity index (χ2n) is 13.8. The number of aromatic nitrogens is 3. The molecule has 4 heteroatoms. The van der Waals surface area contributed by atoms with Crippen molar-refractivity contribution >= 4 is 51.2 Å². The quantitative estimate of drug-likeness (QED) is 0.177. The lowest BCUT2D eigenvalue weighted by atomic mass is 9.96. The normalized spacial score (nSPS) is 13.2. The van der Waals surface area contributed by atoms with Crippen LogP contribution in [0.25, 0.3) is 83.3 Å². The van der Waals surface area contributed by atoms with E-state index in [1.807, 2.05) is 0 Å². The highest BCUT2D eigenvalue weighted by Crippen LogP contribution is 2.40. The highest BCUT2D eigenvalue weighted by molar-refractivity contribution is 7.04. The molecule has 236 valence electrons. The molecule has 0 spiro atoms. The smallest absolute Gasteiger partial charge is 0.160 e. The number of nitrogens with zero attached hydrogens (tertiary/aromatic N) is 3. The first-order valence-corrected chi connectivity index (χ1v) is 20.3. The maximum atomic E-state index is 5.40. The molecular weight excluding hydrogens is 623 g/mol. The van der Waals surface area contributed by atoms with Gasteiger partial charge in [0.15, 0.2) is 5.82 Å². The maximum Gasteiger partial charge on any atom is 0.160 e. The summed E-state index contributed by atoms with van der Waals surface area (Å²) in [6.07, 6.45) is 0. The van der Waals surface area contributed by atoms with Gasteiger partial charge in [0.25, 0.3) is 0 Å². The van der Waals surface area contributed by atoms with Gasteiger partial charge < -0.3 is 4.57 Å². The molecule has 0 fully saturated rings. The van der Waals surface area contributed by atoms with E-state index in [2.05, 4.69) is 181 Å². The van der Waals surface area contributed by atoms with Crippen molar-refractivity contribution in [3.05, 3.63) is 164 Å². The molecule has 0 amide bonds. The lowest BCUT2D eigenvalue weighted by Crippen LogP contribution is -2.49. The van der Waals surface area contributed by atoms with Gasteiger partial charge in [0.1, 0.15) is 8.07 Å². The van der Waals surface area contributed by atoms with E-state index < -0.39 is 8.07 Å². The molecule has 3 nitrogen and oxygen atoms in total. The van der Waals surface area contributed by atoms with E-state index in [1.165, 1.54) is 48.9 Å². The van der Waals surface area contributed by atoms with E-state index in [4.69, 9.17) is 9.97 Å². The Balaban J connectivity index is 1.15. The fourth-order valence-electron chi connectivity index (χ4n) is 8.20. The molecule has 0 bridgehead atoms. The van der Waals surface area contributed by atoms with Crippen molar-refractivity contribution in [1.29, 1.82) is 0 Å². The number of fused-ring (bicyclic) bond motifs is 8. The summed E-state index contributed by atoms with van der Waals surface area (Å²) in [5.74, 6) is 0.739. The molecule has 3 heterocycles. The number of rotatable bonds is 4. The lowest BCUT2D eigenvalue weighted by Gasteiger charge is -2.19. The standard InChI is InChI=1S/C46H33N3Si/c1-50(2)41-23-12-10-21-36(41)43-42(50)27-25-38-44(43)45(30-14-5-3-6-15-30)48-46(47-38)33-17-13-16-31(28-33)32-24-26-40-37(29-32)35-20-9-11-22-39(35)49(40)34-18-7-4-8-19-34/h3-29H,1-2H3. The van der Waals surface area contributed by atoms with Crippen LogP contribution in [-0.2, 0) is 0 Å². The second-order valence-corrected chi connectivity index (χ2v) is 18.1. The minimum atomic E-state index is -1.86. The van der Waals surface area contributed by atoms with Crippen molar-refractivity contribution in [1.82, 2.24) is 14.5 Å². The molecule has 0 saturated carbocycles. The van der Waals surface area contributed by atoms with Gasteiger partial charge in [-0.3, -0.25) is 0 Å². The summed E-state index contributed by atoms with van der Waals surface area (Å²) in [6, 6.07) is 59.0. The van der Waals surface area contributed by atoms with Crippen LogP contribution < -0.4 is 10.4 Å². The molecule has 0 atom stereocenters. The van der Waals surface area contributed by atoms with Crippen LogP contribution in [0, 0.1) is 0 Å². The first kappa shape index (κ1) is 28.9. The van der Waals surface area contributed by atoms with Crippen LogP contribution in [0.2, 0.25) is 13.1 Å². The topological polar surface area (TPSA) is 30.7 Å². The molecule has 1 aliphatic heterocycles. The fourth-order valence-corrected chi connectivity index (χ4v) is 11.3. The zero-order chi connectivity index (χ0) is 33.4. The van der Waals surface area contributed by atoms with E-state index in [0.717, 1.165) is 44.8 Å². The molecule has 10 rings (SSSR count). The van der Waals surface area contributed by atoms with Crippen LogP contribution in [0.3, 0.4) is 0 Å². The van der Waals surface area contributed by atoms with Crippen LogP contribution in [0.15, 0.2) is 164 Å². The first-order chi connectivity index (χ1) is 24.6.